The first-order valence-electron chi connectivity index (χ1n) is 14.0. The van der Waals surface area contributed by atoms with Crippen LogP contribution in [-0.2, 0) is 63.9 Å². The molecule has 0 unspecified atom stereocenters. The normalized spacial score (nSPS) is 19.3. The van der Waals surface area contributed by atoms with E-state index in [-0.39, 0.29) is 95.8 Å². The number of carbonyl (C=O) groups is 6. The molecule has 6 rings (SSSR count). The zero-order valence-corrected chi connectivity index (χ0v) is 23.5. The van der Waals surface area contributed by atoms with Gasteiger partial charge in [-0.25, -0.2) is 9.59 Å². The van der Waals surface area contributed by atoms with Crippen LogP contribution in [0.3, 0.4) is 0 Å². The van der Waals surface area contributed by atoms with E-state index in [1.165, 1.54) is 24.3 Å². The molecule has 10 bridgehead atoms. The lowest BCUT2D eigenvalue weighted by molar-refractivity contribution is -0.154. The van der Waals surface area contributed by atoms with Gasteiger partial charge in [-0.1, -0.05) is 36.4 Å². The minimum atomic E-state index is -0.742. The van der Waals surface area contributed by atoms with Crippen LogP contribution in [-0.4, -0.2) is 61.5 Å². The molecule has 0 saturated heterocycles. The third-order valence-electron chi connectivity index (χ3n) is 7.59. The highest BCUT2D eigenvalue weighted by Gasteiger charge is 2.29. The highest BCUT2D eigenvalue weighted by molar-refractivity contribution is 6.21. The standard InChI is InChI=1S/C34H26O10/c35-27-13-23-9-19-3-1-4-20-10-24-14-28(36)16-26(32(24)40)12-22-6-2-5-21(11-25(15-27)31(23)39)34(22)44-18-30(38)42-8-7-41-29(37)17-43-33(19)20/h1-6,13-16H,7-12,17-18H2. The highest BCUT2D eigenvalue weighted by atomic mass is 16.6. The van der Waals surface area contributed by atoms with Crippen LogP contribution in [0.5, 0.6) is 11.5 Å². The Labute approximate surface area is 251 Å². The lowest BCUT2D eigenvalue weighted by Crippen LogP contribution is -2.21. The molecule has 1 aliphatic heterocycles. The maximum absolute atomic E-state index is 13.7. The average molecular weight is 595 g/mol. The van der Waals surface area contributed by atoms with Gasteiger partial charge in [0.2, 0.25) is 0 Å². The molecule has 1 heterocycles. The number of allylic oxidation sites excluding steroid dienone is 8. The van der Waals surface area contributed by atoms with Gasteiger partial charge < -0.3 is 18.9 Å². The Morgan fingerprint density at radius 3 is 1.07 bits per heavy atom. The van der Waals surface area contributed by atoms with Crippen molar-refractivity contribution >= 4 is 35.1 Å². The van der Waals surface area contributed by atoms with E-state index in [0.717, 1.165) is 0 Å². The molecule has 44 heavy (non-hydrogen) atoms. The van der Waals surface area contributed by atoms with E-state index < -0.39 is 25.2 Å². The van der Waals surface area contributed by atoms with Crippen molar-refractivity contribution in [1.82, 2.24) is 0 Å². The lowest BCUT2D eigenvalue weighted by Gasteiger charge is -2.22. The van der Waals surface area contributed by atoms with Gasteiger partial charge in [-0.3, -0.25) is 19.2 Å². The van der Waals surface area contributed by atoms with E-state index in [2.05, 4.69) is 0 Å². The topological polar surface area (TPSA) is 139 Å². The van der Waals surface area contributed by atoms with Gasteiger partial charge in [-0.2, -0.15) is 0 Å². The third kappa shape index (κ3) is 6.05. The van der Waals surface area contributed by atoms with Gasteiger partial charge >= 0.3 is 11.9 Å². The smallest absolute Gasteiger partial charge is 0.344 e. The number of ketones is 4. The molecule has 10 heteroatoms. The number of hydrogen-bond donors (Lipinski definition) is 0. The fraction of sp³-hybridized carbons (Fsp3) is 0.235. The monoisotopic (exact) mass is 594 g/mol. The molecule has 0 radical (unpaired) electrons. The summed E-state index contributed by atoms with van der Waals surface area (Å²) in [6.45, 7) is -1.46. The SMILES string of the molecule is O=C1C=C2Cc3cccc4c3OCC(=O)OCCOC(=O)COc3c(cccc3CC3=CC(=O)C=C(C4)C3=O)CC(=C1)C2=O. The minimum absolute atomic E-state index is 0.00293. The number of para-hydroxylation sites is 2. The van der Waals surface area contributed by atoms with Crippen LogP contribution < -0.4 is 9.47 Å². The van der Waals surface area contributed by atoms with Gasteiger partial charge in [-0.05, 0) is 46.6 Å². The maximum atomic E-state index is 13.7. The summed E-state index contributed by atoms with van der Waals surface area (Å²) in [4.78, 5) is 78.1. The zero-order chi connectivity index (χ0) is 30.8. The van der Waals surface area contributed by atoms with Crippen molar-refractivity contribution in [3.8, 4) is 11.5 Å². The predicted octanol–water partition coefficient (Wildman–Crippen LogP) is 2.44. The number of cyclic esters (lactones) is 2. The number of fused-ring (bicyclic) bond motifs is 2. The molecule has 0 N–H and O–H groups in total. The Kier molecular flexibility index (Phi) is 7.89. The summed E-state index contributed by atoms with van der Waals surface area (Å²) in [7, 11) is 0. The van der Waals surface area contributed by atoms with Crippen LogP contribution in [0.2, 0.25) is 0 Å². The van der Waals surface area contributed by atoms with Crippen LogP contribution in [0.4, 0.5) is 0 Å². The van der Waals surface area contributed by atoms with Crippen LogP contribution in [0, 0.1) is 0 Å². The second-order valence-electron chi connectivity index (χ2n) is 10.7. The van der Waals surface area contributed by atoms with Crippen LogP contribution in [0.15, 0.2) is 83.0 Å². The third-order valence-corrected chi connectivity index (χ3v) is 7.59. The molecule has 3 aliphatic carbocycles. The van der Waals surface area contributed by atoms with Gasteiger partial charge in [0, 0.05) is 48.0 Å². The van der Waals surface area contributed by atoms with Gasteiger partial charge in [0.1, 0.15) is 24.7 Å². The predicted molar refractivity (Wildman–Crippen MR) is 153 cm³/mol. The van der Waals surface area contributed by atoms with Gasteiger partial charge in [0.25, 0.3) is 0 Å². The fourth-order valence-electron chi connectivity index (χ4n) is 5.65. The first-order chi connectivity index (χ1) is 21.2. The van der Waals surface area contributed by atoms with E-state index in [1.807, 2.05) is 0 Å². The fourth-order valence-corrected chi connectivity index (χ4v) is 5.65. The van der Waals surface area contributed by atoms with Crippen molar-refractivity contribution in [2.75, 3.05) is 26.4 Å². The highest BCUT2D eigenvalue weighted by Crippen LogP contribution is 2.35. The van der Waals surface area contributed by atoms with E-state index in [0.29, 0.717) is 22.3 Å². The molecule has 0 spiro atoms. The van der Waals surface area contributed by atoms with Crippen molar-refractivity contribution < 1.29 is 47.7 Å². The Hall–Kier alpha value is -5.38. The van der Waals surface area contributed by atoms with Crippen molar-refractivity contribution in [2.24, 2.45) is 0 Å². The van der Waals surface area contributed by atoms with E-state index in [9.17, 15) is 28.8 Å². The van der Waals surface area contributed by atoms with Crippen molar-refractivity contribution in [3.63, 3.8) is 0 Å². The summed E-state index contributed by atoms with van der Waals surface area (Å²) >= 11 is 0. The first kappa shape index (κ1) is 28.7. The summed E-state index contributed by atoms with van der Waals surface area (Å²) in [5.74, 6) is -2.43. The zero-order valence-electron chi connectivity index (χ0n) is 23.5. The molecule has 0 amide bonds. The number of esters is 2. The summed E-state index contributed by atoms with van der Waals surface area (Å²) in [6, 6.07) is 10.2. The number of benzene rings is 2. The number of hydrogen-bond acceptors (Lipinski definition) is 10. The molecule has 222 valence electrons. The van der Waals surface area contributed by atoms with Crippen molar-refractivity contribution in [2.45, 2.75) is 25.7 Å². The maximum Gasteiger partial charge on any atom is 0.344 e. The summed E-state index contributed by atoms with van der Waals surface area (Å²) < 4.78 is 22.2. The molecular formula is C34H26O10. The molecule has 4 aliphatic rings. The summed E-state index contributed by atoms with van der Waals surface area (Å²) in [6.07, 6.45) is 5.10. The Balaban J connectivity index is 1.55. The average Bonchev–Trinajstić information content (AvgIpc) is 2.98. The molecule has 2 aromatic rings. The van der Waals surface area contributed by atoms with Crippen molar-refractivity contribution in [3.05, 3.63) is 105 Å². The quantitative estimate of drug-likeness (QED) is 0.330. The van der Waals surface area contributed by atoms with E-state index >= 15 is 0 Å². The molecule has 0 fully saturated rings. The Bertz CT molecular complexity index is 1550. The van der Waals surface area contributed by atoms with Gasteiger partial charge in [-0.15, -0.1) is 0 Å². The largest absolute Gasteiger partial charge is 0.481 e. The van der Waals surface area contributed by atoms with E-state index in [4.69, 9.17) is 18.9 Å². The summed E-state index contributed by atoms with van der Waals surface area (Å²) in [5, 5.41) is 0. The first-order valence-corrected chi connectivity index (χ1v) is 14.0. The van der Waals surface area contributed by atoms with Gasteiger partial charge in [0.05, 0.1) is 0 Å². The lowest BCUT2D eigenvalue weighted by atomic mass is 9.84. The number of Topliss-reactive ketones (excluding diaryl/α,β-unsaturated/α-hetero) is 2. The molecule has 10 nitrogen and oxygen atoms in total. The van der Waals surface area contributed by atoms with Gasteiger partial charge in [0.15, 0.2) is 36.3 Å². The molecule has 0 aromatic heterocycles. The number of carbonyl (C=O) groups excluding carboxylic acids is 6. The van der Waals surface area contributed by atoms with Crippen LogP contribution in [0.25, 0.3) is 0 Å². The second-order valence-corrected chi connectivity index (χ2v) is 10.7. The Morgan fingerprint density at radius 2 is 0.750 bits per heavy atom. The summed E-state index contributed by atoms with van der Waals surface area (Å²) in [5.41, 5.74) is 2.88. The molecule has 2 aromatic carbocycles. The van der Waals surface area contributed by atoms with Crippen LogP contribution in [0.1, 0.15) is 22.3 Å². The molecular weight excluding hydrogens is 568 g/mol. The second kappa shape index (κ2) is 12.1. The van der Waals surface area contributed by atoms with E-state index in [1.54, 1.807) is 36.4 Å². The Morgan fingerprint density at radius 1 is 0.432 bits per heavy atom. The minimum Gasteiger partial charge on any atom is -0.481 e. The molecule has 0 saturated carbocycles. The van der Waals surface area contributed by atoms with Crippen LogP contribution >= 0.6 is 0 Å². The number of ether oxygens (including phenoxy) is 4. The number of rotatable bonds is 0. The molecule has 0 atom stereocenters. The van der Waals surface area contributed by atoms with Crippen molar-refractivity contribution in [1.29, 1.82) is 0 Å².